The molecule has 1 amide bonds. The van der Waals surface area contributed by atoms with E-state index >= 15 is 0 Å². The number of carbonyl (C=O) groups is 1. The Morgan fingerprint density at radius 1 is 1.29 bits per heavy atom. The number of para-hydroxylation sites is 1. The standard InChI is InChI=1S/C19H26N2O3/c1-14(21-9-11-23-12-10-21)7-8-19(22)20-13-18-15(2)16-5-3-4-6-17(16)24-18/h3-6,14H,7-13H2,1-2H3,(H,20,22)/t14-/m1/s1. The molecule has 1 saturated heterocycles. The van der Waals surface area contributed by atoms with Crippen LogP contribution in [0.15, 0.2) is 28.7 Å². The van der Waals surface area contributed by atoms with Gasteiger partial charge in [0.1, 0.15) is 11.3 Å². The molecule has 130 valence electrons. The van der Waals surface area contributed by atoms with E-state index in [1.54, 1.807) is 0 Å². The van der Waals surface area contributed by atoms with Crippen LogP contribution in [0.3, 0.4) is 0 Å². The largest absolute Gasteiger partial charge is 0.459 e. The van der Waals surface area contributed by atoms with Crippen molar-refractivity contribution in [2.24, 2.45) is 0 Å². The molecule has 3 rings (SSSR count). The molecule has 2 aromatic rings. The van der Waals surface area contributed by atoms with Crippen molar-refractivity contribution in [3.8, 4) is 0 Å². The molecule has 2 heterocycles. The molecule has 1 aromatic carbocycles. The van der Waals surface area contributed by atoms with E-state index < -0.39 is 0 Å². The van der Waals surface area contributed by atoms with Gasteiger partial charge in [0.15, 0.2) is 0 Å². The van der Waals surface area contributed by atoms with Crippen molar-refractivity contribution in [2.45, 2.75) is 39.3 Å². The minimum absolute atomic E-state index is 0.0787. The summed E-state index contributed by atoms with van der Waals surface area (Å²) in [5.74, 6) is 0.917. The number of hydrogen-bond donors (Lipinski definition) is 1. The van der Waals surface area contributed by atoms with Crippen LogP contribution in [-0.4, -0.2) is 43.2 Å². The quantitative estimate of drug-likeness (QED) is 0.885. The number of aryl methyl sites for hydroxylation is 1. The predicted octanol–water partition coefficient (Wildman–Crippen LogP) is 2.86. The van der Waals surface area contributed by atoms with Gasteiger partial charge in [-0.15, -0.1) is 0 Å². The number of fused-ring (bicyclic) bond motifs is 1. The Morgan fingerprint density at radius 3 is 2.79 bits per heavy atom. The van der Waals surface area contributed by atoms with Gasteiger partial charge in [-0.1, -0.05) is 18.2 Å². The lowest BCUT2D eigenvalue weighted by molar-refractivity contribution is -0.121. The number of carbonyl (C=O) groups excluding carboxylic acids is 1. The fourth-order valence-electron chi connectivity index (χ4n) is 3.20. The van der Waals surface area contributed by atoms with Gasteiger partial charge in [0.2, 0.25) is 5.91 Å². The van der Waals surface area contributed by atoms with Crippen molar-refractivity contribution in [3.63, 3.8) is 0 Å². The van der Waals surface area contributed by atoms with Crippen LogP contribution in [0.5, 0.6) is 0 Å². The Hall–Kier alpha value is -1.85. The second-order valence-corrected chi connectivity index (χ2v) is 6.46. The average molecular weight is 330 g/mol. The molecule has 1 aromatic heterocycles. The summed E-state index contributed by atoms with van der Waals surface area (Å²) in [6.07, 6.45) is 1.41. The number of nitrogens with zero attached hydrogens (tertiary/aromatic N) is 1. The lowest BCUT2D eigenvalue weighted by Crippen LogP contribution is -2.42. The molecule has 1 aliphatic rings. The second-order valence-electron chi connectivity index (χ2n) is 6.46. The number of ether oxygens (including phenoxy) is 1. The SMILES string of the molecule is Cc1c(CNC(=O)CC[C@@H](C)N2CCOCC2)oc2ccccc12. The summed E-state index contributed by atoms with van der Waals surface area (Å²) in [5, 5.41) is 4.10. The molecule has 0 bridgehead atoms. The Bertz CT molecular complexity index is 689. The monoisotopic (exact) mass is 330 g/mol. The van der Waals surface area contributed by atoms with Gasteiger partial charge in [0, 0.05) is 36.5 Å². The second kappa shape index (κ2) is 7.81. The topological polar surface area (TPSA) is 54.7 Å². The van der Waals surface area contributed by atoms with Gasteiger partial charge in [-0.05, 0) is 26.3 Å². The first-order valence-corrected chi connectivity index (χ1v) is 8.70. The minimum atomic E-state index is 0.0787. The number of nitrogens with one attached hydrogen (secondary N) is 1. The van der Waals surface area contributed by atoms with Crippen LogP contribution < -0.4 is 5.32 Å². The lowest BCUT2D eigenvalue weighted by Gasteiger charge is -2.32. The highest BCUT2D eigenvalue weighted by atomic mass is 16.5. The normalized spacial score (nSPS) is 17.1. The van der Waals surface area contributed by atoms with Gasteiger partial charge in [-0.25, -0.2) is 0 Å². The third kappa shape index (κ3) is 3.97. The molecule has 0 aliphatic carbocycles. The van der Waals surface area contributed by atoms with Crippen LogP contribution in [0.2, 0.25) is 0 Å². The first kappa shape index (κ1) is 17.0. The predicted molar refractivity (Wildman–Crippen MR) is 93.9 cm³/mol. The fourth-order valence-corrected chi connectivity index (χ4v) is 3.20. The highest BCUT2D eigenvalue weighted by molar-refractivity contribution is 5.82. The van der Waals surface area contributed by atoms with Gasteiger partial charge in [-0.2, -0.15) is 0 Å². The van der Waals surface area contributed by atoms with Crippen molar-refractivity contribution in [1.29, 1.82) is 0 Å². The van der Waals surface area contributed by atoms with Gasteiger partial charge in [0.05, 0.1) is 19.8 Å². The maximum atomic E-state index is 12.1. The number of rotatable bonds is 6. The lowest BCUT2D eigenvalue weighted by atomic mass is 10.1. The molecule has 24 heavy (non-hydrogen) atoms. The Kier molecular flexibility index (Phi) is 5.53. The van der Waals surface area contributed by atoms with Crippen LogP contribution in [-0.2, 0) is 16.1 Å². The van der Waals surface area contributed by atoms with Crippen molar-refractivity contribution >= 4 is 16.9 Å². The Morgan fingerprint density at radius 2 is 2.04 bits per heavy atom. The number of morpholine rings is 1. The highest BCUT2D eigenvalue weighted by Gasteiger charge is 2.18. The van der Waals surface area contributed by atoms with E-state index in [4.69, 9.17) is 9.15 Å². The maximum Gasteiger partial charge on any atom is 0.220 e. The fraction of sp³-hybridized carbons (Fsp3) is 0.526. The first-order valence-electron chi connectivity index (χ1n) is 8.70. The smallest absolute Gasteiger partial charge is 0.220 e. The summed E-state index contributed by atoms with van der Waals surface area (Å²) in [6, 6.07) is 8.37. The zero-order valence-electron chi connectivity index (χ0n) is 14.5. The zero-order chi connectivity index (χ0) is 16.9. The van der Waals surface area contributed by atoms with E-state index in [1.165, 1.54) is 0 Å². The van der Waals surface area contributed by atoms with Gasteiger partial charge in [0.25, 0.3) is 0 Å². The molecule has 0 unspecified atom stereocenters. The van der Waals surface area contributed by atoms with Crippen LogP contribution in [0, 0.1) is 6.92 Å². The molecular formula is C19H26N2O3. The molecule has 0 saturated carbocycles. The molecule has 1 fully saturated rings. The van der Waals surface area contributed by atoms with E-state index in [0.29, 0.717) is 19.0 Å². The van der Waals surface area contributed by atoms with Crippen LogP contribution in [0.25, 0.3) is 11.0 Å². The summed E-state index contributed by atoms with van der Waals surface area (Å²) in [6.45, 7) is 8.17. The van der Waals surface area contributed by atoms with Crippen molar-refractivity contribution in [3.05, 3.63) is 35.6 Å². The summed E-state index contributed by atoms with van der Waals surface area (Å²) in [4.78, 5) is 14.5. The van der Waals surface area contributed by atoms with E-state index in [1.807, 2.05) is 31.2 Å². The minimum Gasteiger partial charge on any atom is -0.459 e. The number of furan rings is 1. The van der Waals surface area contributed by atoms with E-state index in [0.717, 1.165) is 55.0 Å². The van der Waals surface area contributed by atoms with Crippen LogP contribution >= 0.6 is 0 Å². The molecule has 1 aliphatic heterocycles. The van der Waals surface area contributed by atoms with Crippen molar-refractivity contribution in [2.75, 3.05) is 26.3 Å². The third-order valence-corrected chi connectivity index (χ3v) is 4.85. The van der Waals surface area contributed by atoms with Gasteiger partial charge >= 0.3 is 0 Å². The molecule has 5 nitrogen and oxygen atoms in total. The molecule has 0 radical (unpaired) electrons. The van der Waals surface area contributed by atoms with Crippen molar-refractivity contribution < 1.29 is 13.9 Å². The van der Waals surface area contributed by atoms with Gasteiger partial charge in [-0.3, -0.25) is 9.69 Å². The number of benzene rings is 1. The van der Waals surface area contributed by atoms with E-state index in [9.17, 15) is 4.79 Å². The number of hydrogen-bond acceptors (Lipinski definition) is 4. The molecular weight excluding hydrogens is 304 g/mol. The summed E-state index contributed by atoms with van der Waals surface area (Å²) >= 11 is 0. The van der Waals surface area contributed by atoms with Crippen LogP contribution in [0.4, 0.5) is 0 Å². The van der Waals surface area contributed by atoms with Gasteiger partial charge < -0.3 is 14.5 Å². The molecule has 1 atom stereocenters. The van der Waals surface area contributed by atoms with E-state index in [-0.39, 0.29) is 5.91 Å². The third-order valence-electron chi connectivity index (χ3n) is 4.85. The summed E-state index contributed by atoms with van der Waals surface area (Å²) in [5.41, 5.74) is 1.98. The number of amides is 1. The summed E-state index contributed by atoms with van der Waals surface area (Å²) < 4.78 is 11.2. The molecule has 0 spiro atoms. The Labute approximate surface area is 143 Å². The molecule has 1 N–H and O–H groups in total. The first-order chi connectivity index (χ1) is 11.6. The average Bonchev–Trinajstić information content (AvgIpc) is 2.95. The van der Waals surface area contributed by atoms with Crippen LogP contribution in [0.1, 0.15) is 31.1 Å². The summed E-state index contributed by atoms with van der Waals surface area (Å²) in [7, 11) is 0. The zero-order valence-corrected chi connectivity index (χ0v) is 14.5. The highest BCUT2D eigenvalue weighted by Crippen LogP contribution is 2.24. The van der Waals surface area contributed by atoms with Crippen molar-refractivity contribution in [1.82, 2.24) is 10.2 Å². The molecule has 5 heteroatoms. The van der Waals surface area contributed by atoms with E-state index in [2.05, 4.69) is 17.1 Å². The Balaban J connectivity index is 1.47. The maximum absolute atomic E-state index is 12.1.